The molecular formula is C10H11NOS. The van der Waals surface area contributed by atoms with Crippen molar-refractivity contribution in [1.29, 1.82) is 5.26 Å². The molecule has 0 aliphatic heterocycles. The van der Waals surface area contributed by atoms with Gasteiger partial charge in [-0.05, 0) is 24.2 Å². The average Bonchev–Trinajstić information content (AvgIpc) is 2.16. The molecule has 0 spiro atoms. The maximum Gasteiger partial charge on any atom is 0.133 e. The minimum atomic E-state index is -0.915. The Hall–Kier alpha value is -0.980. The lowest BCUT2D eigenvalue weighted by molar-refractivity contribution is 0.0841. The Morgan fingerprint density at radius 1 is 1.46 bits per heavy atom. The summed E-state index contributed by atoms with van der Waals surface area (Å²) in [6.07, 6.45) is 0. The summed E-state index contributed by atoms with van der Waals surface area (Å²) in [4.78, 5) is 0. The lowest BCUT2D eigenvalue weighted by atomic mass is 9.99. The molecule has 1 aromatic rings. The summed E-state index contributed by atoms with van der Waals surface area (Å²) in [5.41, 5.74) is -0.0699. The summed E-state index contributed by atoms with van der Waals surface area (Å²) in [6, 6.07) is 9.37. The van der Waals surface area contributed by atoms with Crippen molar-refractivity contribution in [2.45, 2.75) is 12.5 Å². The first-order valence-electron chi connectivity index (χ1n) is 3.95. The third kappa shape index (κ3) is 2.76. The predicted octanol–water partition coefficient (Wildman–Crippen LogP) is 2.11. The molecule has 0 fully saturated rings. The number of hydrogen-bond acceptors (Lipinski definition) is 3. The molecular weight excluding hydrogens is 182 g/mol. The van der Waals surface area contributed by atoms with Crippen LogP contribution in [0.2, 0.25) is 0 Å². The second-order valence-electron chi connectivity index (χ2n) is 3.02. The molecule has 1 N–H and O–H groups in total. The zero-order chi connectivity index (χ0) is 9.73. The molecule has 1 rings (SSSR count). The van der Waals surface area contributed by atoms with E-state index in [0.29, 0.717) is 5.75 Å². The van der Waals surface area contributed by atoms with Gasteiger partial charge in [0.05, 0.1) is 5.60 Å². The minimum Gasteiger partial charge on any atom is -0.385 e. The number of benzene rings is 1. The van der Waals surface area contributed by atoms with Gasteiger partial charge >= 0.3 is 0 Å². The number of hydrogen-bond donors (Lipinski definition) is 1. The normalized spacial score (nSPS) is 14.5. The molecule has 13 heavy (non-hydrogen) atoms. The van der Waals surface area contributed by atoms with E-state index in [0.717, 1.165) is 17.3 Å². The first-order valence-corrected chi connectivity index (χ1v) is 4.94. The molecule has 0 aliphatic carbocycles. The van der Waals surface area contributed by atoms with E-state index in [1.807, 2.05) is 35.7 Å². The summed E-state index contributed by atoms with van der Waals surface area (Å²) in [5.74, 6) is 0.396. The monoisotopic (exact) mass is 193 g/mol. The van der Waals surface area contributed by atoms with Crippen LogP contribution in [0.5, 0.6) is 0 Å². The van der Waals surface area contributed by atoms with Crippen molar-refractivity contribution in [3.8, 4) is 5.40 Å². The number of thiocyanates is 1. The number of nitrogens with zero attached hydrogens (tertiary/aromatic N) is 1. The first-order chi connectivity index (χ1) is 6.17. The van der Waals surface area contributed by atoms with Gasteiger partial charge in [-0.2, -0.15) is 5.26 Å². The Kier molecular flexibility index (Phi) is 3.35. The van der Waals surface area contributed by atoms with Crippen molar-refractivity contribution in [3.05, 3.63) is 35.9 Å². The highest BCUT2D eigenvalue weighted by molar-refractivity contribution is 8.03. The maximum atomic E-state index is 9.94. The van der Waals surface area contributed by atoms with Crippen LogP contribution in [-0.4, -0.2) is 10.9 Å². The predicted molar refractivity (Wildman–Crippen MR) is 54.1 cm³/mol. The van der Waals surface area contributed by atoms with Crippen molar-refractivity contribution >= 4 is 11.8 Å². The minimum absolute atomic E-state index is 0.396. The van der Waals surface area contributed by atoms with Gasteiger partial charge in [-0.1, -0.05) is 30.3 Å². The number of nitriles is 1. The highest BCUT2D eigenvalue weighted by atomic mass is 32.2. The molecule has 0 bridgehead atoms. The molecule has 1 aromatic carbocycles. The molecule has 3 heteroatoms. The Labute approximate surface area is 82.2 Å². The Morgan fingerprint density at radius 2 is 2.08 bits per heavy atom. The van der Waals surface area contributed by atoms with Gasteiger partial charge in [0.1, 0.15) is 5.40 Å². The van der Waals surface area contributed by atoms with Crippen LogP contribution in [0.15, 0.2) is 30.3 Å². The molecule has 0 radical (unpaired) electrons. The van der Waals surface area contributed by atoms with E-state index in [2.05, 4.69) is 0 Å². The van der Waals surface area contributed by atoms with Crippen molar-refractivity contribution < 1.29 is 5.11 Å². The molecule has 0 heterocycles. The van der Waals surface area contributed by atoms with Gasteiger partial charge in [-0.15, -0.1) is 0 Å². The van der Waals surface area contributed by atoms with Crippen LogP contribution in [0.4, 0.5) is 0 Å². The molecule has 1 unspecified atom stereocenters. The van der Waals surface area contributed by atoms with Gasteiger partial charge < -0.3 is 5.11 Å². The topological polar surface area (TPSA) is 44.0 Å². The van der Waals surface area contributed by atoms with E-state index in [9.17, 15) is 5.11 Å². The van der Waals surface area contributed by atoms with Crippen molar-refractivity contribution in [2.24, 2.45) is 0 Å². The quantitative estimate of drug-likeness (QED) is 0.748. The second-order valence-corrected chi connectivity index (χ2v) is 3.78. The molecule has 0 amide bonds. The van der Waals surface area contributed by atoms with Gasteiger partial charge in [0.2, 0.25) is 0 Å². The molecule has 0 saturated heterocycles. The number of rotatable bonds is 3. The summed E-state index contributed by atoms with van der Waals surface area (Å²) >= 11 is 1.07. The average molecular weight is 193 g/mol. The van der Waals surface area contributed by atoms with Gasteiger partial charge in [0.25, 0.3) is 0 Å². The Balaban J connectivity index is 2.76. The maximum absolute atomic E-state index is 9.94. The summed E-state index contributed by atoms with van der Waals surface area (Å²) in [5, 5.41) is 20.3. The Morgan fingerprint density at radius 3 is 2.62 bits per heavy atom. The van der Waals surface area contributed by atoms with Crippen LogP contribution < -0.4 is 0 Å². The van der Waals surface area contributed by atoms with Crippen LogP contribution >= 0.6 is 11.8 Å². The molecule has 1 atom stereocenters. The first kappa shape index (κ1) is 10.1. The second kappa shape index (κ2) is 4.31. The molecule has 0 aromatic heterocycles. The lowest BCUT2D eigenvalue weighted by Crippen LogP contribution is -2.23. The summed E-state index contributed by atoms with van der Waals surface area (Å²) in [6.45, 7) is 1.71. The van der Waals surface area contributed by atoms with Crippen molar-refractivity contribution in [1.82, 2.24) is 0 Å². The fourth-order valence-corrected chi connectivity index (χ4v) is 1.57. The molecule has 0 saturated carbocycles. The molecule has 0 aliphatic rings. The van der Waals surface area contributed by atoms with Crippen LogP contribution in [0.3, 0.4) is 0 Å². The third-order valence-electron chi connectivity index (χ3n) is 1.81. The van der Waals surface area contributed by atoms with Crippen LogP contribution in [0.25, 0.3) is 0 Å². The van der Waals surface area contributed by atoms with Crippen LogP contribution in [0, 0.1) is 10.7 Å². The zero-order valence-corrected chi connectivity index (χ0v) is 8.21. The van der Waals surface area contributed by atoms with E-state index >= 15 is 0 Å². The van der Waals surface area contributed by atoms with E-state index < -0.39 is 5.60 Å². The van der Waals surface area contributed by atoms with Crippen LogP contribution in [-0.2, 0) is 5.60 Å². The lowest BCUT2D eigenvalue weighted by Gasteiger charge is -2.21. The van der Waals surface area contributed by atoms with Gasteiger partial charge in [0, 0.05) is 5.75 Å². The SMILES string of the molecule is CC(O)(CSC#N)c1ccccc1. The third-order valence-corrected chi connectivity index (χ3v) is 2.65. The van der Waals surface area contributed by atoms with E-state index in [1.54, 1.807) is 6.92 Å². The number of aliphatic hydroxyl groups is 1. The smallest absolute Gasteiger partial charge is 0.133 e. The summed E-state index contributed by atoms with van der Waals surface area (Å²) in [7, 11) is 0. The summed E-state index contributed by atoms with van der Waals surface area (Å²) < 4.78 is 0. The van der Waals surface area contributed by atoms with E-state index in [1.165, 1.54) is 0 Å². The van der Waals surface area contributed by atoms with Gasteiger partial charge in [-0.3, -0.25) is 0 Å². The van der Waals surface area contributed by atoms with E-state index in [-0.39, 0.29) is 0 Å². The highest BCUT2D eigenvalue weighted by Gasteiger charge is 2.22. The van der Waals surface area contributed by atoms with Gasteiger partial charge in [0.15, 0.2) is 0 Å². The van der Waals surface area contributed by atoms with Crippen molar-refractivity contribution in [3.63, 3.8) is 0 Å². The molecule has 68 valence electrons. The van der Waals surface area contributed by atoms with Gasteiger partial charge in [-0.25, -0.2) is 0 Å². The fourth-order valence-electron chi connectivity index (χ4n) is 1.05. The molecule has 2 nitrogen and oxygen atoms in total. The van der Waals surface area contributed by atoms with E-state index in [4.69, 9.17) is 5.26 Å². The fraction of sp³-hybridized carbons (Fsp3) is 0.300. The van der Waals surface area contributed by atoms with Crippen LogP contribution in [0.1, 0.15) is 12.5 Å². The van der Waals surface area contributed by atoms with Crippen molar-refractivity contribution in [2.75, 3.05) is 5.75 Å². The number of thioether (sulfide) groups is 1. The highest BCUT2D eigenvalue weighted by Crippen LogP contribution is 2.24. The standard InChI is InChI=1S/C10H11NOS/c1-10(12,7-13-8-11)9-5-3-2-4-6-9/h2-6,12H,7H2,1H3. The largest absolute Gasteiger partial charge is 0.385 e. The zero-order valence-electron chi connectivity index (χ0n) is 7.40. The Bertz CT molecular complexity index is 302.